The summed E-state index contributed by atoms with van der Waals surface area (Å²) in [6, 6.07) is 8.29. The summed E-state index contributed by atoms with van der Waals surface area (Å²) in [7, 11) is 0. The van der Waals surface area contributed by atoms with E-state index in [-0.39, 0.29) is 29.7 Å². The zero-order valence-electron chi connectivity index (χ0n) is 17.2. The maximum Gasteiger partial charge on any atom is 0.309 e. The number of hydrogen-bond donors (Lipinski definition) is 0. The topological polar surface area (TPSA) is 43.4 Å². The first-order valence-corrected chi connectivity index (χ1v) is 10.6. The lowest BCUT2D eigenvalue weighted by molar-refractivity contribution is -0.158. The van der Waals surface area contributed by atoms with Crippen LogP contribution in [-0.2, 0) is 20.7 Å². The van der Waals surface area contributed by atoms with Crippen molar-refractivity contribution in [1.29, 1.82) is 0 Å². The molecular formula is C24H34O3. The number of Topliss-reactive ketones (excluding diaryl/α,β-unsaturated/α-hetero) is 1. The maximum atomic E-state index is 12.6. The van der Waals surface area contributed by atoms with Crippen molar-refractivity contribution in [2.45, 2.75) is 72.3 Å². The fourth-order valence-electron chi connectivity index (χ4n) is 4.62. The van der Waals surface area contributed by atoms with Gasteiger partial charge in [0.25, 0.3) is 0 Å². The molecule has 0 saturated heterocycles. The van der Waals surface area contributed by atoms with E-state index in [1.54, 1.807) is 0 Å². The zero-order valence-corrected chi connectivity index (χ0v) is 17.2. The molecule has 3 heteroatoms. The molecule has 0 amide bonds. The number of benzene rings is 1. The Bertz CT molecular complexity index is 678. The van der Waals surface area contributed by atoms with E-state index in [1.807, 2.05) is 6.07 Å². The van der Waals surface area contributed by atoms with Crippen LogP contribution in [-0.4, -0.2) is 17.9 Å². The van der Waals surface area contributed by atoms with Gasteiger partial charge in [0.2, 0.25) is 0 Å². The molecule has 1 aromatic rings. The van der Waals surface area contributed by atoms with Crippen molar-refractivity contribution in [3.63, 3.8) is 0 Å². The molecule has 0 heterocycles. The molecule has 3 nitrogen and oxygen atoms in total. The molecule has 0 bridgehead atoms. The molecule has 0 unspecified atom stereocenters. The lowest BCUT2D eigenvalue weighted by Gasteiger charge is -2.36. The van der Waals surface area contributed by atoms with E-state index in [0.29, 0.717) is 30.6 Å². The maximum absolute atomic E-state index is 12.6. The summed E-state index contributed by atoms with van der Waals surface area (Å²) in [4.78, 5) is 25.1. The summed E-state index contributed by atoms with van der Waals surface area (Å²) < 4.78 is 5.93. The van der Waals surface area contributed by atoms with Gasteiger partial charge in [-0.2, -0.15) is 0 Å². The van der Waals surface area contributed by atoms with Crippen molar-refractivity contribution in [3.8, 4) is 0 Å². The molecule has 27 heavy (non-hydrogen) atoms. The summed E-state index contributed by atoms with van der Waals surface area (Å²) >= 11 is 0. The van der Waals surface area contributed by atoms with Crippen molar-refractivity contribution in [3.05, 3.63) is 35.4 Å². The predicted molar refractivity (Wildman–Crippen MR) is 107 cm³/mol. The van der Waals surface area contributed by atoms with Crippen LogP contribution in [0.1, 0.15) is 64.0 Å². The molecule has 3 rings (SSSR count). The van der Waals surface area contributed by atoms with Crippen LogP contribution in [0.15, 0.2) is 24.3 Å². The van der Waals surface area contributed by atoms with Gasteiger partial charge in [-0.3, -0.25) is 9.59 Å². The lowest BCUT2D eigenvalue weighted by Crippen LogP contribution is -2.36. The highest BCUT2D eigenvalue weighted by molar-refractivity contribution is 5.91. The lowest BCUT2D eigenvalue weighted by atomic mass is 9.75. The quantitative estimate of drug-likeness (QED) is 0.624. The van der Waals surface area contributed by atoms with Gasteiger partial charge in [0, 0.05) is 12.3 Å². The molecule has 0 radical (unpaired) electrons. The van der Waals surface area contributed by atoms with Gasteiger partial charge in [-0.15, -0.1) is 0 Å². The fraction of sp³-hybridized carbons (Fsp3) is 0.667. The minimum atomic E-state index is -0.194. The predicted octanol–water partition coefficient (Wildman–Crippen LogP) is 5.14. The zero-order chi connectivity index (χ0) is 19.6. The van der Waals surface area contributed by atoms with Crippen LogP contribution in [0.3, 0.4) is 0 Å². The van der Waals surface area contributed by atoms with E-state index < -0.39 is 0 Å². The summed E-state index contributed by atoms with van der Waals surface area (Å²) in [5.41, 5.74) is 2.41. The Balaban J connectivity index is 1.48. The highest BCUT2D eigenvalue weighted by atomic mass is 16.5. The van der Waals surface area contributed by atoms with Gasteiger partial charge in [0.1, 0.15) is 11.9 Å². The van der Waals surface area contributed by atoms with Gasteiger partial charge in [-0.25, -0.2) is 0 Å². The van der Waals surface area contributed by atoms with Gasteiger partial charge in [0.05, 0.1) is 5.92 Å². The molecule has 2 saturated carbocycles. The number of hydrogen-bond acceptors (Lipinski definition) is 3. The van der Waals surface area contributed by atoms with Crippen molar-refractivity contribution >= 4 is 11.8 Å². The van der Waals surface area contributed by atoms with Crippen LogP contribution < -0.4 is 0 Å². The fourth-order valence-corrected chi connectivity index (χ4v) is 4.62. The summed E-state index contributed by atoms with van der Waals surface area (Å²) in [5.74, 6) is 1.38. The Morgan fingerprint density at radius 1 is 1.15 bits per heavy atom. The van der Waals surface area contributed by atoms with Gasteiger partial charge >= 0.3 is 5.97 Å². The van der Waals surface area contributed by atoms with Crippen molar-refractivity contribution < 1.29 is 14.3 Å². The normalized spacial score (nSPS) is 30.2. The first-order chi connectivity index (χ1) is 12.8. The highest BCUT2D eigenvalue weighted by Crippen LogP contribution is 2.43. The number of rotatable bonds is 7. The third-order valence-electron chi connectivity index (χ3n) is 6.48. The monoisotopic (exact) mass is 370 g/mol. The van der Waals surface area contributed by atoms with Crippen LogP contribution in [0.2, 0.25) is 0 Å². The molecular weight excluding hydrogens is 336 g/mol. The molecule has 2 aliphatic rings. The smallest absolute Gasteiger partial charge is 0.309 e. The van der Waals surface area contributed by atoms with Crippen LogP contribution in [0.25, 0.3) is 0 Å². The van der Waals surface area contributed by atoms with Crippen molar-refractivity contribution in [1.82, 2.24) is 0 Å². The SMILES string of the molecule is Cc1cccc(CCC(=O)[C@@H]2C[C@H]2C(=O)O[C@H]2C[C@@H](C)CC[C@@H]2C(C)C)c1. The number of ketones is 1. The molecule has 0 N–H and O–H groups in total. The van der Waals surface area contributed by atoms with Crippen molar-refractivity contribution in [2.75, 3.05) is 0 Å². The largest absolute Gasteiger partial charge is 0.462 e. The molecule has 0 aliphatic heterocycles. The Hall–Kier alpha value is -1.64. The molecule has 5 atom stereocenters. The Kier molecular flexibility index (Phi) is 6.39. The van der Waals surface area contributed by atoms with Crippen LogP contribution in [0.4, 0.5) is 0 Å². The van der Waals surface area contributed by atoms with Gasteiger partial charge in [-0.05, 0) is 55.9 Å². The second-order valence-corrected chi connectivity index (χ2v) is 9.21. The second-order valence-electron chi connectivity index (χ2n) is 9.21. The Morgan fingerprint density at radius 3 is 2.63 bits per heavy atom. The number of aryl methyl sites for hydroxylation is 2. The minimum absolute atomic E-state index is 0.0323. The third-order valence-corrected chi connectivity index (χ3v) is 6.48. The van der Waals surface area contributed by atoms with E-state index in [2.05, 4.69) is 45.9 Å². The molecule has 0 aromatic heterocycles. The Morgan fingerprint density at radius 2 is 1.93 bits per heavy atom. The number of esters is 1. The second kappa shape index (κ2) is 8.58. The molecule has 2 aliphatic carbocycles. The minimum Gasteiger partial charge on any atom is -0.462 e. The molecule has 2 fully saturated rings. The number of carbonyl (C=O) groups is 2. The first-order valence-electron chi connectivity index (χ1n) is 10.6. The first kappa shape index (κ1) is 20.1. The summed E-state index contributed by atoms with van der Waals surface area (Å²) in [6.07, 6.45) is 5.32. The average Bonchev–Trinajstić information content (AvgIpc) is 3.40. The summed E-state index contributed by atoms with van der Waals surface area (Å²) in [6.45, 7) is 8.74. The van der Waals surface area contributed by atoms with Crippen molar-refractivity contribution in [2.24, 2.45) is 29.6 Å². The van der Waals surface area contributed by atoms with E-state index in [0.717, 1.165) is 19.3 Å². The highest BCUT2D eigenvalue weighted by Gasteiger charge is 2.49. The van der Waals surface area contributed by atoms with Crippen LogP contribution in [0.5, 0.6) is 0 Å². The molecule has 1 aromatic carbocycles. The third kappa shape index (κ3) is 5.21. The average molecular weight is 371 g/mol. The van der Waals surface area contributed by atoms with Gasteiger partial charge < -0.3 is 4.74 Å². The number of carbonyl (C=O) groups excluding carboxylic acids is 2. The van der Waals surface area contributed by atoms with E-state index in [4.69, 9.17) is 4.74 Å². The van der Waals surface area contributed by atoms with E-state index in [1.165, 1.54) is 17.5 Å². The van der Waals surface area contributed by atoms with E-state index in [9.17, 15) is 9.59 Å². The van der Waals surface area contributed by atoms with E-state index >= 15 is 0 Å². The standard InChI is InChI=1S/C24H34O3/c1-15(2)19-10-8-17(4)13-23(19)27-24(26)21-14-20(21)22(25)11-9-18-7-5-6-16(3)12-18/h5-7,12,15,17,19-21,23H,8-11,13-14H2,1-4H3/t17-,19+,20+,21+,23-/m0/s1. The molecule has 148 valence electrons. The Labute approximate surface area is 163 Å². The van der Waals surface area contributed by atoms with Crippen LogP contribution in [0, 0.1) is 36.5 Å². The molecule has 0 spiro atoms. The van der Waals surface area contributed by atoms with Gasteiger partial charge in [-0.1, -0.05) is 57.0 Å². The van der Waals surface area contributed by atoms with Crippen LogP contribution >= 0.6 is 0 Å². The number of ether oxygens (including phenoxy) is 1. The van der Waals surface area contributed by atoms with Gasteiger partial charge in [0.15, 0.2) is 0 Å². The summed E-state index contributed by atoms with van der Waals surface area (Å²) in [5, 5.41) is 0.